The molecule has 3 rings (SSSR count). The van der Waals surface area contributed by atoms with Crippen molar-refractivity contribution in [2.24, 2.45) is 11.8 Å². The van der Waals surface area contributed by atoms with Crippen molar-refractivity contribution in [3.63, 3.8) is 0 Å². The van der Waals surface area contributed by atoms with Crippen molar-refractivity contribution in [2.45, 2.75) is 141 Å². The molecular weight excluding hydrogens is 414 g/mol. The van der Waals surface area contributed by atoms with E-state index in [-0.39, 0.29) is 0 Å². The monoisotopic (exact) mass is 465 g/mol. The lowest BCUT2D eigenvalue weighted by Crippen LogP contribution is -2.21. The van der Waals surface area contributed by atoms with Gasteiger partial charge in [-0.25, -0.2) is 0 Å². The van der Waals surface area contributed by atoms with Crippen LogP contribution in [0.5, 0.6) is 0 Å². The Hall–Kier alpha value is -1.33. The normalized spacial score (nSPS) is 25.2. The van der Waals surface area contributed by atoms with E-state index in [0.717, 1.165) is 24.0 Å². The minimum absolute atomic E-state index is 0.469. The molecule has 2 fully saturated rings. The molecule has 0 heterocycles. The van der Waals surface area contributed by atoms with E-state index in [1.54, 1.807) is 0 Å². The van der Waals surface area contributed by atoms with E-state index in [1.165, 1.54) is 128 Å². The molecule has 1 aromatic carbocycles. The first-order chi connectivity index (χ1) is 16.8. The summed E-state index contributed by atoms with van der Waals surface area (Å²) in [5.74, 6) is 2.64. The maximum absolute atomic E-state index is 8.98. The average molecular weight is 466 g/mol. The van der Waals surface area contributed by atoms with Crippen LogP contribution in [0.4, 0.5) is 0 Å². The summed E-state index contributed by atoms with van der Waals surface area (Å²) in [6.45, 7) is 3.26. The second kappa shape index (κ2) is 16.4. The van der Waals surface area contributed by atoms with E-state index in [9.17, 15) is 0 Å². The van der Waals surface area contributed by atoms with Crippen LogP contribution in [0.3, 0.4) is 0 Å². The Labute approximate surface area is 210 Å². The number of hydrogen-bond donors (Lipinski definition) is 0. The van der Waals surface area contributed by atoms with E-state index in [4.69, 9.17) is 10.00 Å². The summed E-state index contributed by atoms with van der Waals surface area (Å²) < 4.78 is 6.28. The van der Waals surface area contributed by atoms with Crippen LogP contribution in [-0.2, 0) is 4.74 Å². The minimum atomic E-state index is 0.469. The van der Waals surface area contributed by atoms with Crippen LogP contribution in [-0.4, -0.2) is 12.7 Å². The Morgan fingerprint density at radius 1 is 0.706 bits per heavy atom. The number of nitrogens with zero attached hydrogens (tertiary/aromatic N) is 1. The third-order valence-electron chi connectivity index (χ3n) is 8.73. The van der Waals surface area contributed by atoms with Gasteiger partial charge >= 0.3 is 0 Å². The Morgan fingerprint density at radius 2 is 1.26 bits per heavy atom. The summed E-state index contributed by atoms with van der Waals surface area (Å²) >= 11 is 0. The molecule has 0 atom stereocenters. The Balaban J connectivity index is 1.15. The standard InChI is InChI=1S/C32H51NO/c1-2-3-4-5-6-7-8-9-11-27-13-15-28(16-14-27)12-10-25-34-32-23-21-31(22-24-32)30-19-17-29(26-33)18-20-30/h17-20,27-28,31-32H,2-16,21-25H2,1H3/t27-,28-,31-,32-. The van der Waals surface area contributed by atoms with Crippen LogP contribution >= 0.6 is 0 Å². The molecule has 0 spiro atoms. The van der Waals surface area contributed by atoms with E-state index in [0.29, 0.717) is 12.0 Å². The summed E-state index contributed by atoms with van der Waals surface area (Å²) in [5, 5.41) is 8.98. The number of nitriles is 1. The van der Waals surface area contributed by atoms with Gasteiger partial charge in [-0.05, 0) is 74.0 Å². The first kappa shape index (κ1) is 27.3. The number of benzene rings is 1. The van der Waals surface area contributed by atoms with E-state index in [1.807, 2.05) is 12.1 Å². The highest BCUT2D eigenvalue weighted by molar-refractivity contribution is 5.33. The highest BCUT2D eigenvalue weighted by Crippen LogP contribution is 2.36. The molecule has 1 aromatic rings. The first-order valence-corrected chi connectivity index (χ1v) is 14.9. The molecule has 2 aliphatic carbocycles. The van der Waals surface area contributed by atoms with Crippen LogP contribution in [0.1, 0.15) is 146 Å². The smallest absolute Gasteiger partial charge is 0.0991 e. The van der Waals surface area contributed by atoms with Crippen molar-refractivity contribution in [1.82, 2.24) is 0 Å². The van der Waals surface area contributed by atoms with Crippen LogP contribution in [0, 0.1) is 23.2 Å². The van der Waals surface area contributed by atoms with Gasteiger partial charge in [0.05, 0.1) is 17.7 Å². The molecule has 2 saturated carbocycles. The van der Waals surface area contributed by atoms with Crippen LogP contribution in [0.15, 0.2) is 24.3 Å². The molecule has 2 heteroatoms. The maximum Gasteiger partial charge on any atom is 0.0991 e. The fraction of sp³-hybridized carbons (Fsp3) is 0.781. The largest absolute Gasteiger partial charge is 0.378 e. The lowest BCUT2D eigenvalue weighted by Gasteiger charge is -2.30. The molecule has 0 aliphatic heterocycles. The van der Waals surface area contributed by atoms with Crippen LogP contribution < -0.4 is 0 Å². The number of unbranched alkanes of at least 4 members (excludes halogenated alkanes) is 7. The Kier molecular flexibility index (Phi) is 13.1. The van der Waals surface area contributed by atoms with Gasteiger partial charge in [0.25, 0.3) is 0 Å². The Bertz CT molecular complexity index is 674. The third kappa shape index (κ3) is 10.1. The predicted octanol–water partition coefficient (Wildman–Crippen LogP) is 9.72. The van der Waals surface area contributed by atoms with E-state index < -0.39 is 0 Å². The quantitative estimate of drug-likeness (QED) is 0.241. The fourth-order valence-corrected chi connectivity index (χ4v) is 6.39. The second-order valence-electron chi connectivity index (χ2n) is 11.4. The summed E-state index contributed by atoms with van der Waals surface area (Å²) in [5.41, 5.74) is 2.16. The minimum Gasteiger partial charge on any atom is -0.378 e. The van der Waals surface area contributed by atoms with E-state index in [2.05, 4.69) is 25.1 Å². The Morgan fingerprint density at radius 3 is 1.85 bits per heavy atom. The van der Waals surface area contributed by atoms with Gasteiger partial charge in [-0.1, -0.05) is 103 Å². The molecule has 190 valence electrons. The fourth-order valence-electron chi connectivity index (χ4n) is 6.39. The first-order valence-electron chi connectivity index (χ1n) is 14.9. The molecule has 0 saturated heterocycles. The predicted molar refractivity (Wildman–Crippen MR) is 144 cm³/mol. The van der Waals surface area contributed by atoms with Gasteiger partial charge in [-0.3, -0.25) is 0 Å². The SMILES string of the molecule is CCCCCCCCCC[C@H]1CC[C@H](CCCO[C@H]2CC[C@H](c3ccc(C#N)cc3)CC2)CC1. The molecule has 0 radical (unpaired) electrons. The molecule has 0 bridgehead atoms. The number of ether oxygens (including phenoxy) is 1. The second-order valence-corrected chi connectivity index (χ2v) is 11.4. The summed E-state index contributed by atoms with van der Waals surface area (Å²) in [6, 6.07) is 10.4. The highest BCUT2D eigenvalue weighted by Gasteiger charge is 2.23. The van der Waals surface area contributed by atoms with Crippen molar-refractivity contribution >= 4 is 0 Å². The lowest BCUT2D eigenvalue weighted by molar-refractivity contribution is 0.0204. The third-order valence-corrected chi connectivity index (χ3v) is 8.73. The summed E-state index contributed by atoms with van der Waals surface area (Å²) in [6.07, 6.45) is 26.9. The number of rotatable bonds is 15. The lowest BCUT2D eigenvalue weighted by atomic mass is 9.78. The van der Waals surface area contributed by atoms with E-state index >= 15 is 0 Å². The van der Waals surface area contributed by atoms with Gasteiger partial charge in [0.15, 0.2) is 0 Å². The van der Waals surface area contributed by atoms with Gasteiger partial charge < -0.3 is 4.74 Å². The summed E-state index contributed by atoms with van der Waals surface area (Å²) in [4.78, 5) is 0. The van der Waals surface area contributed by atoms with Crippen molar-refractivity contribution in [2.75, 3.05) is 6.61 Å². The zero-order chi connectivity index (χ0) is 23.8. The van der Waals surface area contributed by atoms with Crippen molar-refractivity contribution < 1.29 is 4.74 Å². The molecular formula is C32H51NO. The van der Waals surface area contributed by atoms with Crippen molar-refractivity contribution in [3.05, 3.63) is 35.4 Å². The van der Waals surface area contributed by atoms with Crippen molar-refractivity contribution in [1.29, 1.82) is 5.26 Å². The highest BCUT2D eigenvalue weighted by atomic mass is 16.5. The molecule has 2 aliphatic rings. The van der Waals surface area contributed by atoms with Gasteiger partial charge in [-0.2, -0.15) is 5.26 Å². The topological polar surface area (TPSA) is 33.0 Å². The molecule has 0 amide bonds. The molecule has 0 N–H and O–H groups in total. The molecule has 0 unspecified atom stereocenters. The van der Waals surface area contributed by atoms with Crippen LogP contribution in [0.25, 0.3) is 0 Å². The zero-order valence-electron chi connectivity index (χ0n) is 22.1. The molecule has 34 heavy (non-hydrogen) atoms. The summed E-state index contributed by atoms with van der Waals surface area (Å²) in [7, 11) is 0. The van der Waals surface area contributed by atoms with Crippen molar-refractivity contribution in [3.8, 4) is 6.07 Å². The van der Waals surface area contributed by atoms with Gasteiger partial charge in [0.2, 0.25) is 0 Å². The number of hydrogen-bond acceptors (Lipinski definition) is 2. The van der Waals surface area contributed by atoms with Crippen LogP contribution in [0.2, 0.25) is 0 Å². The molecule has 2 nitrogen and oxygen atoms in total. The zero-order valence-corrected chi connectivity index (χ0v) is 22.1. The van der Waals surface area contributed by atoms with Gasteiger partial charge in [0, 0.05) is 6.61 Å². The van der Waals surface area contributed by atoms with Gasteiger partial charge in [0.1, 0.15) is 0 Å². The maximum atomic E-state index is 8.98. The average Bonchev–Trinajstić information content (AvgIpc) is 2.89. The van der Waals surface area contributed by atoms with Gasteiger partial charge in [-0.15, -0.1) is 0 Å². The molecule has 0 aromatic heterocycles.